The number of benzene rings is 5. The Kier molecular flexibility index (Phi) is 4.00. The van der Waals surface area contributed by atoms with Crippen LogP contribution >= 0.6 is 12.2 Å². The second-order valence-corrected chi connectivity index (χ2v) is 9.71. The third kappa shape index (κ3) is 2.48. The van der Waals surface area contributed by atoms with Crippen LogP contribution in [0.4, 0.5) is 0 Å². The molecular weight excluding hydrogens is 456 g/mol. The summed E-state index contributed by atoms with van der Waals surface area (Å²) in [5.41, 5.74) is 9.49. The van der Waals surface area contributed by atoms with Crippen molar-refractivity contribution in [3.63, 3.8) is 0 Å². The quantitative estimate of drug-likeness (QED) is 0.226. The molecule has 0 amide bonds. The van der Waals surface area contributed by atoms with E-state index in [1.54, 1.807) is 0 Å². The minimum atomic E-state index is 0.841. The van der Waals surface area contributed by atoms with E-state index < -0.39 is 0 Å². The van der Waals surface area contributed by atoms with Gasteiger partial charge in [0.25, 0.3) is 0 Å². The van der Waals surface area contributed by atoms with Crippen LogP contribution in [0.25, 0.3) is 66.0 Å². The highest BCUT2D eigenvalue weighted by Crippen LogP contribution is 2.46. The van der Waals surface area contributed by atoms with Crippen molar-refractivity contribution >= 4 is 55.8 Å². The summed E-state index contributed by atoms with van der Waals surface area (Å²) in [7, 11) is 0. The Morgan fingerprint density at radius 3 is 1.67 bits per heavy atom. The molecular formula is C33H20N2S. The first-order valence-corrected chi connectivity index (χ1v) is 12.6. The fourth-order valence-electron chi connectivity index (χ4n) is 6.01. The van der Waals surface area contributed by atoms with Crippen molar-refractivity contribution in [3.05, 3.63) is 126 Å². The maximum absolute atomic E-state index is 6.24. The van der Waals surface area contributed by atoms with Crippen molar-refractivity contribution in [1.29, 1.82) is 0 Å². The van der Waals surface area contributed by atoms with E-state index >= 15 is 0 Å². The molecule has 0 atom stereocenters. The van der Waals surface area contributed by atoms with E-state index in [1.165, 1.54) is 49.6 Å². The summed E-state index contributed by atoms with van der Waals surface area (Å²) >= 11 is 6.24. The van der Waals surface area contributed by atoms with Crippen molar-refractivity contribution in [3.8, 4) is 22.4 Å². The van der Waals surface area contributed by atoms with Gasteiger partial charge in [0.05, 0.1) is 27.8 Å². The lowest BCUT2D eigenvalue weighted by atomic mass is 9.98. The summed E-state index contributed by atoms with van der Waals surface area (Å²) in [6.07, 6.45) is 0. The second-order valence-electron chi connectivity index (χ2n) is 9.32. The van der Waals surface area contributed by atoms with Gasteiger partial charge in [-0.2, -0.15) is 0 Å². The van der Waals surface area contributed by atoms with Crippen molar-refractivity contribution in [2.45, 2.75) is 0 Å². The molecule has 0 N–H and O–H groups in total. The summed E-state index contributed by atoms with van der Waals surface area (Å²) in [6.45, 7) is 0. The average Bonchev–Trinajstić information content (AvgIpc) is 3.43. The van der Waals surface area contributed by atoms with Gasteiger partial charge in [-0.05, 0) is 29.3 Å². The molecule has 0 fully saturated rings. The molecule has 3 heterocycles. The number of fused-ring (bicyclic) bond motifs is 5. The van der Waals surface area contributed by atoms with E-state index in [4.69, 9.17) is 12.2 Å². The average molecular weight is 477 g/mol. The van der Waals surface area contributed by atoms with Gasteiger partial charge in [-0.15, -0.1) is 0 Å². The molecule has 0 saturated heterocycles. The molecule has 3 aromatic heterocycles. The zero-order valence-electron chi connectivity index (χ0n) is 19.3. The number of hydrogen-bond acceptors (Lipinski definition) is 1. The van der Waals surface area contributed by atoms with Crippen LogP contribution in [0.3, 0.4) is 0 Å². The normalized spacial score (nSPS) is 12.0. The zero-order valence-corrected chi connectivity index (χ0v) is 20.2. The van der Waals surface area contributed by atoms with Crippen LogP contribution in [-0.2, 0) is 0 Å². The molecule has 8 aromatic rings. The van der Waals surface area contributed by atoms with Crippen LogP contribution in [0.1, 0.15) is 0 Å². The van der Waals surface area contributed by atoms with Gasteiger partial charge in [0.15, 0.2) is 0 Å². The second kappa shape index (κ2) is 7.27. The van der Waals surface area contributed by atoms with Crippen LogP contribution in [0.15, 0.2) is 121 Å². The van der Waals surface area contributed by atoms with Gasteiger partial charge in [-0.1, -0.05) is 115 Å². The molecule has 0 spiro atoms. The molecule has 0 bridgehead atoms. The maximum atomic E-state index is 6.24. The van der Waals surface area contributed by atoms with Gasteiger partial charge in [0.1, 0.15) is 4.64 Å². The Hall–Kier alpha value is -4.47. The van der Waals surface area contributed by atoms with Crippen molar-refractivity contribution < 1.29 is 0 Å². The van der Waals surface area contributed by atoms with Crippen LogP contribution in [0.2, 0.25) is 0 Å². The van der Waals surface area contributed by atoms with Crippen molar-refractivity contribution in [1.82, 2.24) is 8.80 Å². The van der Waals surface area contributed by atoms with Gasteiger partial charge in [0, 0.05) is 27.1 Å². The van der Waals surface area contributed by atoms with Crippen LogP contribution in [-0.4, -0.2) is 8.80 Å². The summed E-state index contributed by atoms with van der Waals surface area (Å²) in [5, 5.41) is 4.76. The minimum absolute atomic E-state index is 0.841. The van der Waals surface area contributed by atoms with Gasteiger partial charge in [-0.25, -0.2) is 0 Å². The summed E-state index contributed by atoms with van der Waals surface area (Å²) in [6, 6.07) is 43.3. The lowest BCUT2D eigenvalue weighted by Gasteiger charge is -2.09. The number of para-hydroxylation sites is 2. The van der Waals surface area contributed by atoms with Gasteiger partial charge in [-0.3, -0.25) is 4.40 Å². The van der Waals surface area contributed by atoms with Gasteiger partial charge in [0.2, 0.25) is 0 Å². The lowest BCUT2D eigenvalue weighted by molar-refractivity contribution is 1.26. The van der Waals surface area contributed by atoms with Crippen LogP contribution < -0.4 is 0 Å². The highest BCUT2D eigenvalue weighted by molar-refractivity contribution is 7.71. The molecule has 0 saturated carbocycles. The molecule has 3 heteroatoms. The number of aromatic nitrogens is 2. The third-order valence-electron chi connectivity index (χ3n) is 7.45. The first-order valence-electron chi connectivity index (χ1n) is 12.2. The van der Waals surface area contributed by atoms with E-state index in [1.807, 2.05) is 0 Å². The van der Waals surface area contributed by atoms with Crippen molar-refractivity contribution in [2.24, 2.45) is 0 Å². The Balaban J connectivity index is 1.80. The first-order chi connectivity index (χ1) is 17.8. The predicted octanol–water partition coefficient (Wildman–Crippen LogP) is 9.15. The minimum Gasteiger partial charge on any atom is -0.306 e. The van der Waals surface area contributed by atoms with E-state index in [0.29, 0.717) is 0 Å². The fourth-order valence-corrected chi connectivity index (χ4v) is 6.37. The summed E-state index contributed by atoms with van der Waals surface area (Å²) in [5.74, 6) is 0. The van der Waals surface area contributed by atoms with E-state index in [2.05, 4.69) is 130 Å². The molecule has 2 nitrogen and oxygen atoms in total. The molecule has 0 aliphatic heterocycles. The number of rotatable bonds is 2. The van der Waals surface area contributed by atoms with Crippen LogP contribution in [0, 0.1) is 4.64 Å². The zero-order chi connectivity index (χ0) is 23.8. The van der Waals surface area contributed by atoms with E-state index in [-0.39, 0.29) is 0 Å². The van der Waals surface area contributed by atoms with Crippen molar-refractivity contribution in [2.75, 3.05) is 0 Å². The Labute approximate surface area is 212 Å². The number of hydrogen-bond donors (Lipinski definition) is 0. The van der Waals surface area contributed by atoms with Gasteiger partial charge >= 0.3 is 0 Å². The molecule has 8 rings (SSSR count). The van der Waals surface area contributed by atoms with Gasteiger partial charge < -0.3 is 4.40 Å². The standard InChI is InChI=1S/C33H20N2S/c36-33-25-16-8-10-18-28(25)34-30(22-13-5-2-6-14-22)29(21-11-3-1-4-12-21)26-20-19-24-23-15-7-9-17-27(23)35(33)31(24)32(26)34/h1-20H. The Morgan fingerprint density at radius 1 is 0.417 bits per heavy atom. The summed E-state index contributed by atoms with van der Waals surface area (Å²) < 4.78 is 5.60. The predicted molar refractivity (Wildman–Crippen MR) is 154 cm³/mol. The molecule has 0 radical (unpaired) electrons. The Bertz CT molecular complexity index is 2150. The molecule has 0 aliphatic carbocycles. The molecule has 0 aliphatic rings. The molecule has 36 heavy (non-hydrogen) atoms. The molecule has 168 valence electrons. The highest BCUT2D eigenvalue weighted by atomic mass is 32.1. The fraction of sp³-hybridized carbons (Fsp3) is 0. The third-order valence-corrected chi connectivity index (χ3v) is 7.85. The number of nitrogens with zero attached hydrogens (tertiary/aromatic N) is 2. The monoisotopic (exact) mass is 476 g/mol. The van der Waals surface area contributed by atoms with Crippen LogP contribution in [0.5, 0.6) is 0 Å². The highest BCUT2D eigenvalue weighted by Gasteiger charge is 2.24. The lowest BCUT2D eigenvalue weighted by Crippen LogP contribution is -1.90. The largest absolute Gasteiger partial charge is 0.306 e. The van der Waals surface area contributed by atoms with E-state index in [0.717, 1.165) is 21.1 Å². The summed E-state index contributed by atoms with van der Waals surface area (Å²) in [4.78, 5) is 0. The SMILES string of the molecule is S=c1c2ccccc2n2c(-c3ccccc3)c(-c3ccccc3)c3ccc4c5ccccc5n1c4c32. The topological polar surface area (TPSA) is 8.82 Å². The van der Waals surface area contributed by atoms with E-state index in [9.17, 15) is 0 Å². The Morgan fingerprint density at radius 2 is 0.944 bits per heavy atom. The molecule has 5 aromatic carbocycles. The molecule has 0 unspecified atom stereocenters. The first kappa shape index (κ1) is 19.8. The maximum Gasteiger partial charge on any atom is 0.120 e. The smallest absolute Gasteiger partial charge is 0.120 e.